The Morgan fingerprint density at radius 3 is 2.42 bits per heavy atom. The molecule has 4 rings (SSSR count). The molecule has 3 aromatic rings. The summed E-state index contributed by atoms with van der Waals surface area (Å²) < 4.78 is 30.2. The molecule has 0 radical (unpaired) electrons. The second kappa shape index (κ2) is 9.82. The molecule has 1 saturated heterocycles. The number of hydrogen-bond donors (Lipinski definition) is 0. The Kier molecular flexibility index (Phi) is 7.05. The van der Waals surface area contributed by atoms with Crippen LogP contribution in [0.5, 0.6) is 0 Å². The molecule has 1 amide bonds. The third-order valence-corrected chi connectivity index (χ3v) is 9.15. The minimum Gasteiger partial charge on any atom is -0.304 e. The molecule has 0 atom stereocenters. The number of benzene rings is 2. The van der Waals surface area contributed by atoms with Gasteiger partial charge in [0.25, 0.3) is 5.91 Å². The lowest BCUT2D eigenvalue weighted by Crippen LogP contribution is -2.31. The van der Waals surface area contributed by atoms with Crippen LogP contribution in [0, 0.1) is 19.3 Å². The van der Waals surface area contributed by atoms with Crippen molar-refractivity contribution >= 4 is 49.1 Å². The highest BCUT2D eigenvalue weighted by Gasteiger charge is 2.25. The molecule has 33 heavy (non-hydrogen) atoms. The zero-order valence-electron chi connectivity index (χ0n) is 18.3. The number of sulfonamides is 1. The number of amides is 1. The lowest BCUT2D eigenvalue weighted by Gasteiger charge is -2.19. The zero-order chi connectivity index (χ0) is 23.6. The average Bonchev–Trinajstić information content (AvgIpc) is 2.97. The van der Waals surface area contributed by atoms with E-state index in [4.69, 9.17) is 18.0 Å². The van der Waals surface area contributed by atoms with Crippen LogP contribution in [-0.4, -0.2) is 36.3 Å². The standard InChI is InChI=1S/C24H24ClN3O3S2/c1-3-14-28-22-17(2)20(25)12-13-21(22)32-24(28)26-23(29)18-8-10-19(11-9-18)33(30,31)27-15-6-4-5-7-16-27/h1,8-13H,4-7,14-16H2,2H3. The maximum atomic E-state index is 13.0. The molecule has 1 aliphatic rings. The Hall–Kier alpha value is -2.44. The van der Waals surface area contributed by atoms with E-state index in [2.05, 4.69) is 10.9 Å². The summed E-state index contributed by atoms with van der Waals surface area (Å²) in [6.07, 6.45) is 9.38. The van der Waals surface area contributed by atoms with Crippen LogP contribution in [0.15, 0.2) is 46.3 Å². The molecule has 172 valence electrons. The molecule has 0 unspecified atom stereocenters. The van der Waals surface area contributed by atoms with E-state index in [0.29, 0.717) is 28.5 Å². The van der Waals surface area contributed by atoms with E-state index in [1.807, 2.05) is 19.1 Å². The molecular weight excluding hydrogens is 478 g/mol. The van der Waals surface area contributed by atoms with Crippen LogP contribution < -0.4 is 4.80 Å². The summed E-state index contributed by atoms with van der Waals surface area (Å²) in [5.41, 5.74) is 2.04. The van der Waals surface area contributed by atoms with Gasteiger partial charge in [-0.25, -0.2) is 8.42 Å². The van der Waals surface area contributed by atoms with Gasteiger partial charge in [0, 0.05) is 23.7 Å². The largest absolute Gasteiger partial charge is 0.304 e. The fourth-order valence-corrected chi connectivity index (χ4v) is 6.75. The number of carbonyl (C=O) groups excluding carboxylic acids is 1. The van der Waals surface area contributed by atoms with Crippen molar-refractivity contribution in [2.24, 2.45) is 4.99 Å². The van der Waals surface area contributed by atoms with Gasteiger partial charge in [0.05, 0.1) is 21.7 Å². The minimum atomic E-state index is -3.57. The topological polar surface area (TPSA) is 71.7 Å². The maximum Gasteiger partial charge on any atom is 0.279 e. The summed E-state index contributed by atoms with van der Waals surface area (Å²) in [5, 5.41) is 0.616. The molecule has 1 aromatic heterocycles. The van der Waals surface area contributed by atoms with Crippen LogP contribution in [0.3, 0.4) is 0 Å². The van der Waals surface area contributed by atoms with Gasteiger partial charge in [0.1, 0.15) is 0 Å². The van der Waals surface area contributed by atoms with Gasteiger partial charge in [-0.3, -0.25) is 4.79 Å². The quantitative estimate of drug-likeness (QED) is 0.490. The van der Waals surface area contributed by atoms with Gasteiger partial charge < -0.3 is 4.57 Å². The van der Waals surface area contributed by atoms with E-state index < -0.39 is 15.9 Å². The molecule has 1 aliphatic heterocycles. The first-order valence-corrected chi connectivity index (χ1v) is 13.4. The third kappa shape index (κ3) is 4.78. The lowest BCUT2D eigenvalue weighted by atomic mass is 10.2. The first-order valence-electron chi connectivity index (χ1n) is 10.7. The van der Waals surface area contributed by atoms with E-state index in [-0.39, 0.29) is 11.4 Å². The second-order valence-corrected chi connectivity index (χ2v) is 11.3. The van der Waals surface area contributed by atoms with Crippen molar-refractivity contribution in [3.05, 3.63) is 57.3 Å². The first-order chi connectivity index (χ1) is 15.8. The predicted octanol–water partition coefficient (Wildman–Crippen LogP) is 4.60. The molecule has 2 heterocycles. The van der Waals surface area contributed by atoms with Gasteiger partial charge >= 0.3 is 0 Å². The number of rotatable bonds is 4. The van der Waals surface area contributed by atoms with Crippen LogP contribution in [0.4, 0.5) is 0 Å². The Morgan fingerprint density at radius 1 is 1.12 bits per heavy atom. The summed E-state index contributed by atoms with van der Waals surface area (Å²) in [4.78, 5) is 17.9. The number of fused-ring (bicyclic) bond motifs is 1. The van der Waals surface area contributed by atoms with Gasteiger partial charge in [0.15, 0.2) is 4.80 Å². The maximum absolute atomic E-state index is 13.0. The van der Waals surface area contributed by atoms with Crippen LogP contribution in [0.2, 0.25) is 5.02 Å². The number of aryl methyl sites for hydroxylation is 1. The third-order valence-electron chi connectivity index (χ3n) is 5.78. The van der Waals surface area contributed by atoms with Crippen molar-refractivity contribution in [1.82, 2.24) is 8.87 Å². The van der Waals surface area contributed by atoms with Crippen LogP contribution in [-0.2, 0) is 16.6 Å². The summed E-state index contributed by atoms with van der Waals surface area (Å²) in [7, 11) is -3.57. The number of aromatic nitrogens is 1. The van der Waals surface area contributed by atoms with Gasteiger partial charge in [0.2, 0.25) is 10.0 Å². The molecule has 6 nitrogen and oxygen atoms in total. The summed E-state index contributed by atoms with van der Waals surface area (Å²) >= 11 is 7.63. The molecule has 0 saturated carbocycles. The Bertz CT molecular complexity index is 1410. The number of carbonyl (C=O) groups is 1. The van der Waals surface area contributed by atoms with Gasteiger partial charge in [-0.2, -0.15) is 9.30 Å². The second-order valence-electron chi connectivity index (χ2n) is 7.95. The van der Waals surface area contributed by atoms with Gasteiger partial charge in [-0.15, -0.1) is 6.42 Å². The van der Waals surface area contributed by atoms with Crippen LogP contribution in [0.1, 0.15) is 41.6 Å². The number of thiazole rings is 1. The van der Waals surface area contributed by atoms with Crippen LogP contribution >= 0.6 is 22.9 Å². The number of hydrogen-bond acceptors (Lipinski definition) is 4. The number of halogens is 1. The van der Waals surface area contributed by atoms with Crippen molar-refractivity contribution in [3.8, 4) is 12.3 Å². The van der Waals surface area contributed by atoms with E-state index in [1.165, 1.54) is 39.9 Å². The van der Waals surface area contributed by atoms with Crippen molar-refractivity contribution in [2.75, 3.05) is 13.1 Å². The number of terminal acetylenes is 1. The van der Waals surface area contributed by atoms with E-state index in [1.54, 1.807) is 4.57 Å². The normalized spacial score (nSPS) is 16.0. The summed E-state index contributed by atoms with van der Waals surface area (Å²) in [6, 6.07) is 9.68. The highest BCUT2D eigenvalue weighted by molar-refractivity contribution is 7.89. The monoisotopic (exact) mass is 501 g/mol. The van der Waals surface area contributed by atoms with Gasteiger partial charge in [-0.05, 0) is 61.7 Å². The van der Waals surface area contributed by atoms with E-state index in [0.717, 1.165) is 41.5 Å². The minimum absolute atomic E-state index is 0.190. The Balaban J connectivity index is 1.67. The van der Waals surface area contributed by atoms with E-state index >= 15 is 0 Å². The fourth-order valence-electron chi connectivity index (χ4n) is 3.99. The fraction of sp³-hybridized carbons (Fsp3) is 0.333. The van der Waals surface area contributed by atoms with Crippen molar-refractivity contribution in [1.29, 1.82) is 0 Å². The smallest absolute Gasteiger partial charge is 0.279 e. The molecule has 2 aromatic carbocycles. The molecule has 0 N–H and O–H groups in total. The SMILES string of the molecule is C#CCn1c(=NC(=O)c2ccc(S(=O)(=O)N3CCCCCC3)cc2)sc2ccc(Cl)c(C)c21. The van der Waals surface area contributed by atoms with E-state index in [9.17, 15) is 13.2 Å². The first kappa shape index (κ1) is 23.7. The van der Waals surface area contributed by atoms with Crippen molar-refractivity contribution < 1.29 is 13.2 Å². The molecule has 0 bridgehead atoms. The molecular formula is C24H24ClN3O3S2. The molecule has 0 spiro atoms. The highest BCUT2D eigenvalue weighted by Crippen LogP contribution is 2.27. The Labute approximate surface area is 202 Å². The zero-order valence-corrected chi connectivity index (χ0v) is 20.6. The summed E-state index contributed by atoms with van der Waals surface area (Å²) in [5.74, 6) is 2.14. The lowest BCUT2D eigenvalue weighted by molar-refractivity contribution is 0.0998. The Morgan fingerprint density at radius 2 is 1.79 bits per heavy atom. The highest BCUT2D eigenvalue weighted by atomic mass is 35.5. The molecule has 0 aliphatic carbocycles. The number of nitrogens with zero attached hydrogens (tertiary/aromatic N) is 3. The van der Waals surface area contributed by atoms with Crippen molar-refractivity contribution in [2.45, 2.75) is 44.0 Å². The summed E-state index contributed by atoms with van der Waals surface area (Å²) in [6.45, 7) is 3.21. The average molecular weight is 502 g/mol. The molecule has 1 fully saturated rings. The van der Waals surface area contributed by atoms with Gasteiger partial charge in [-0.1, -0.05) is 41.7 Å². The van der Waals surface area contributed by atoms with Crippen molar-refractivity contribution in [3.63, 3.8) is 0 Å². The van der Waals surface area contributed by atoms with Crippen LogP contribution in [0.25, 0.3) is 10.2 Å². The molecule has 9 heteroatoms. The predicted molar refractivity (Wildman–Crippen MR) is 132 cm³/mol.